The van der Waals surface area contributed by atoms with E-state index in [9.17, 15) is 0 Å². The summed E-state index contributed by atoms with van der Waals surface area (Å²) in [5, 5.41) is 0. The van der Waals surface area contributed by atoms with Crippen molar-refractivity contribution in [2.24, 2.45) is 0 Å². The second-order valence-corrected chi connectivity index (χ2v) is 11.9. The molecule has 2 atom stereocenters. The zero-order valence-electron chi connectivity index (χ0n) is 27.3. The Morgan fingerprint density at radius 2 is 1.17 bits per heavy atom. The summed E-state index contributed by atoms with van der Waals surface area (Å²) >= 11 is 0. The molecule has 0 aliphatic carbocycles. The van der Waals surface area contributed by atoms with Crippen molar-refractivity contribution in [3.05, 3.63) is 35.4 Å². The molecule has 2 rings (SSSR count). The second-order valence-electron chi connectivity index (χ2n) is 11.9. The van der Waals surface area contributed by atoms with E-state index >= 15 is 0 Å². The van der Waals surface area contributed by atoms with Gasteiger partial charge in [0.2, 0.25) is 0 Å². The van der Waals surface area contributed by atoms with Gasteiger partial charge in [0.1, 0.15) is 0 Å². The van der Waals surface area contributed by atoms with E-state index in [0.717, 1.165) is 19.4 Å². The molecule has 1 aromatic rings. The maximum Gasteiger partial charge on any atom is 0.157 e. The van der Waals surface area contributed by atoms with Crippen LogP contribution in [0.25, 0.3) is 0 Å². The van der Waals surface area contributed by atoms with Gasteiger partial charge in [-0.25, -0.2) is 0 Å². The van der Waals surface area contributed by atoms with Crippen molar-refractivity contribution in [1.29, 1.82) is 0 Å². The average Bonchev–Trinajstić information content (AvgIpc) is 3.02. The molecule has 0 amide bonds. The van der Waals surface area contributed by atoms with Crippen molar-refractivity contribution in [1.82, 2.24) is 0 Å². The van der Waals surface area contributed by atoms with Crippen molar-refractivity contribution >= 4 is 0 Å². The molecule has 6 nitrogen and oxygen atoms in total. The van der Waals surface area contributed by atoms with Crippen molar-refractivity contribution in [2.75, 3.05) is 59.5 Å². The Bertz CT molecular complexity index is 691. The van der Waals surface area contributed by atoms with E-state index < -0.39 is 0 Å². The molecule has 0 saturated carbocycles. The summed E-state index contributed by atoms with van der Waals surface area (Å²) in [6, 6.07) is 8.97. The van der Waals surface area contributed by atoms with Crippen molar-refractivity contribution in [2.45, 2.75) is 135 Å². The molecule has 42 heavy (non-hydrogen) atoms. The van der Waals surface area contributed by atoms with E-state index in [1.54, 1.807) is 0 Å². The molecule has 1 heterocycles. The standard InChI is InChI=1S/C36H64O6/c1-3-4-5-6-7-8-9-10-11-12-13-14-17-33(2)35-21-19-34(20-22-35)32-40-29-28-38-25-24-37-26-27-39-30-31-42-36-18-15-16-23-41-36/h19-22,33,36H,3-18,23-32H2,1-2H3. The molecule has 244 valence electrons. The molecule has 1 aromatic carbocycles. The third kappa shape index (κ3) is 20.8. The first-order valence-electron chi connectivity index (χ1n) is 17.4. The lowest BCUT2D eigenvalue weighted by molar-refractivity contribution is -0.169. The van der Waals surface area contributed by atoms with Gasteiger partial charge >= 0.3 is 0 Å². The number of rotatable bonds is 29. The molecule has 0 N–H and O–H groups in total. The quantitative estimate of drug-likeness (QED) is 0.0866. The maximum absolute atomic E-state index is 5.79. The first-order chi connectivity index (χ1) is 20.8. The van der Waals surface area contributed by atoms with Crippen LogP contribution in [0.5, 0.6) is 0 Å². The highest BCUT2D eigenvalue weighted by Gasteiger charge is 2.13. The predicted octanol–water partition coefficient (Wildman–Crippen LogP) is 8.99. The van der Waals surface area contributed by atoms with Gasteiger partial charge in [-0.15, -0.1) is 0 Å². The Kier molecular flexibility index (Phi) is 24.4. The summed E-state index contributed by atoms with van der Waals surface area (Å²) in [6.07, 6.45) is 21.5. The fraction of sp³-hybridized carbons (Fsp3) is 0.833. The number of hydrogen-bond acceptors (Lipinski definition) is 6. The fourth-order valence-corrected chi connectivity index (χ4v) is 5.33. The molecule has 1 saturated heterocycles. The zero-order chi connectivity index (χ0) is 29.8. The smallest absolute Gasteiger partial charge is 0.157 e. The molecule has 0 bridgehead atoms. The lowest BCUT2D eigenvalue weighted by atomic mass is 9.94. The molecular weight excluding hydrogens is 528 g/mol. The molecule has 2 unspecified atom stereocenters. The highest BCUT2D eigenvalue weighted by atomic mass is 16.7. The molecule has 1 fully saturated rings. The number of ether oxygens (including phenoxy) is 6. The van der Waals surface area contributed by atoms with Crippen LogP contribution in [0.1, 0.15) is 134 Å². The minimum Gasteiger partial charge on any atom is -0.377 e. The number of unbranched alkanes of at least 4 members (excludes halogenated alkanes) is 11. The van der Waals surface area contributed by atoms with Crippen LogP contribution in [0.4, 0.5) is 0 Å². The van der Waals surface area contributed by atoms with E-state index in [1.165, 1.54) is 101 Å². The number of hydrogen-bond donors (Lipinski definition) is 0. The van der Waals surface area contributed by atoms with Gasteiger partial charge in [0.15, 0.2) is 6.29 Å². The van der Waals surface area contributed by atoms with Gasteiger partial charge in [-0.1, -0.05) is 115 Å². The van der Waals surface area contributed by atoms with Crippen LogP contribution < -0.4 is 0 Å². The summed E-state index contributed by atoms with van der Waals surface area (Å²) < 4.78 is 33.6. The minimum absolute atomic E-state index is 0.0484. The van der Waals surface area contributed by atoms with E-state index in [2.05, 4.69) is 38.1 Å². The van der Waals surface area contributed by atoms with E-state index in [0.29, 0.717) is 65.4 Å². The fourth-order valence-electron chi connectivity index (χ4n) is 5.33. The van der Waals surface area contributed by atoms with E-state index in [1.807, 2.05) is 0 Å². The third-order valence-electron chi connectivity index (χ3n) is 8.09. The van der Waals surface area contributed by atoms with Crippen LogP contribution in [0.15, 0.2) is 24.3 Å². The van der Waals surface area contributed by atoms with Gasteiger partial charge in [-0.3, -0.25) is 0 Å². The van der Waals surface area contributed by atoms with Crippen LogP contribution in [-0.2, 0) is 35.0 Å². The molecule has 1 aliphatic heterocycles. The Labute approximate surface area is 258 Å². The zero-order valence-corrected chi connectivity index (χ0v) is 27.3. The largest absolute Gasteiger partial charge is 0.377 e. The summed E-state index contributed by atoms with van der Waals surface area (Å²) in [5.41, 5.74) is 2.66. The topological polar surface area (TPSA) is 55.4 Å². The van der Waals surface area contributed by atoms with Crippen LogP contribution in [0.3, 0.4) is 0 Å². The second kappa shape index (κ2) is 27.5. The van der Waals surface area contributed by atoms with Gasteiger partial charge in [0.05, 0.1) is 59.5 Å². The summed E-state index contributed by atoms with van der Waals surface area (Å²) in [7, 11) is 0. The monoisotopic (exact) mass is 592 g/mol. The Balaban J connectivity index is 1.32. The van der Waals surface area contributed by atoms with Gasteiger partial charge in [0.25, 0.3) is 0 Å². The van der Waals surface area contributed by atoms with Crippen LogP contribution in [0.2, 0.25) is 0 Å². The normalized spacial score (nSPS) is 16.2. The Morgan fingerprint density at radius 3 is 1.71 bits per heavy atom. The average molecular weight is 593 g/mol. The predicted molar refractivity (Wildman–Crippen MR) is 172 cm³/mol. The SMILES string of the molecule is CCCCCCCCCCCCCCC(C)c1ccc(COCCOCCOCCOCCOC2CCCCO2)cc1. The molecule has 0 spiro atoms. The molecular formula is C36H64O6. The van der Waals surface area contributed by atoms with Crippen LogP contribution in [-0.4, -0.2) is 65.8 Å². The van der Waals surface area contributed by atoms with E-state index in [-0.39, 0.29) is 6.29 Å². The third-order valence-corrected chi connectivity index (χ3v) is 8.09. The van der Waals surface area contributed by atoms with E-state index in [4.69, 9.17) is 28.4 Å². The highest BCUT2D eigenvalue weighted by molar-refractivity contribution is 5.24. The summed E-state index contributed by atoms with van der Waals surface area (Å²) in [6.45, 7) is 10.6. The molecule has 0 aromatic heterocycles. The van der Waals surface area contributed by atoms with Crippen molar-refractivity contribution < 1.29 is 28.4 Å². The van der Waals surface area contributed by atoms with Gasteiger partial charge in [-0.05, 0) is 42.7 Å². The van der Waals surface area contributed by atoms with Gasteiger partial charge < -0.3 is 28.4 Å². The lowest BCUT2D eigenvalue weighted by Gasteiger charge is -2.22. The Hall–Kier alpha value is -1.02. The van der Waals surface area contributed by atoms with Gasteiger partial charge in [0, 0.05) is 6.61 Å². The molecule has 1 aliphatic rings. The van der Waals surface area contributed by atoms with Crippen LogP contribution in [0, 0.1) is 0 Å². The molecule has 0 radical (unpaired) electrons. The van der Waals surface area contributed by atoms with Gasteiger partial charge in [-0.2, -0.15) is 0 Å². The van der Waals surface area contributed by atoms with Crippen molar-refractivity contribution in [3.8, 4) is 0 Å². The van der Waals surface area contributed by atoms with Crippen molar-refractivity contribution in [3.63, 3.8) is 0 Å². The summed E-state index contributed by atoms with van der Waals surface area (Å²) in [5.74, 6) is 0.626. The molecule has 6 heteroatoms. The summed E-state index contributed by atoms with van der Waals surface area (Å²) in [4.78, 5) is 0. The maximum atomic E-state index is 5.79. The minimum atomic E-state index is -0.0484. The first kappa shape index (κ1) is 37.2. The Morgan fingerprint density at radius 1 is 0.643 bits per heavy atom. The highest BCUT2D eigenvalue weighted by Crippen LogP contribution is 2.23. The lowest BCUT2D eigenvalue weighted by Crippen LogP contribution is -2.24. The first-order valence-corrected chi connectivity index (χ1v) is 17.4. The van der Waals surface area contributed by atoms with Crippen LogP contribution >= 0.6 is 0 Å². The number of benzene rings is 1.